The Labute approximate surface area is 156 Å². The van der Waals surface area contributed by atoms with Gasteiger partial charge in [0, 0.05) is 24.2 Å². The van der Waals surface area contributed by atoms with Crippen molar-refractivity contribution in [3.8, 4) is 0 Å². The van der Waals surface area contributed by atoms with Gasteiger partial charge in [0.2, 0.25) is 17.7 Å². The van der Waals surface area contributed by atoms with E-state index < -0.39 is 34.7 Å². The molecule has 0 aliphatic carbocycles. The van der Waals surface area contributed by atoms with E-state index in [1.807, 2.05) is 13.8 Å². The number of hydrogen-bond donors (Lipinski definition) is 4. The Morgan fingerprint density at radius 2 is 1.74 bits per heavy atom. The summed E-state index contributed by atoms with van der Waals surface area (Å²) in [4.78, 5) is 45.8. The van der Waals surface area contributed by atoms with Crippen LogP contribution < -0.4 is 22.1 Å². The summed E-state index contributed by atoms with van der Waals surface area (Å²) in [6, 6.07) is 3.42. The van der Waals surface area contributed by atoms with Crippen LogP contribution in [0.2, 0.25) is 0 Å². The normalized spacial score (nSPS) is 12.9. The maximum absolute atomic E-state index is 12.5. The van der Waals surface area contributed by atoms with Crippen LogP contribution in [-0.2, 0) is 14.4 Å². The molecule has 1 aromatic rings. The van der Waals surface area contributed by atoms with Gasteiger partial charge in [-0.2, -0.15) is 0 Å². The van der Waals surface area contributed by atoms with Crippen LogP contribution in [0.5, 0.6) is 0 Å². The maximum atomic E-state index is 12.5. The molecule has 0 bridgehead atoms. The maximum Gasteiger partial charge on any atom is 0.269 e. The molecule has 6 N–H and O–H groups in total. The largest absolute Gasteiger partial charge is 0.370 e. The highest BCUT2D eigenvalue weighted by atomic mass is 16.6. The number of non-ortho nitro benzene ring substituents is 1. The molecule has 0 radical (unpaired) electrons. The second kappa shape index (κ2) is 10.2. The van der Waals surface area contributed by atoms with Gasteiger partial charge in [-0.05, 0) is 30.9 Å². The van der Waals surface area contributed by atoms with Gasteiger partial charge in [-0.15, -0.1) is 0 Å². The molecule has 27 heavy (non-hydrogen) atoms. The second-order valence-corrected chi connectivity index (χ2v) is 6.60. The van der Waals surface area contributed by atoms with Gasteiger partial charge in [0.25, 0.3) is 5.69 Å². The van der Waals surface area contributed by atoms with E-state index in [1.165, 1.54) is 24.3 Å². The second-order valence-electron chi connectivity index (χ2n) is 6.60. The Hall–Kier alpha value is -3.01. The zero-order valence-corrected chi connectivity index (χ0v) is 15.3. The predicted molar refractivity (Wildman–Crippen MR) is 99.5 cm³/mol. The first-order chi connectivity index (χ1) is 12.6. The number of nitro groups is 1. The third kappa shape index (κ3) is 7.82. The molecular weight excluding hydrogens is 354 g/mol. The monoisotopic (exact) mass is 379 g/mol. The van der Waals surface area contributed by atoms with Gasteiger partial charge >= 0.3 is 0 Å². The molecule has 0 unspecified atom stereocenters. The smallest absolute Gasteiger partial charge is 0.269 e. The fourth-order valence-corrected chi connectivity index (χ4v) is 2.34. The van der Waals surface area contributed by atoms with Gasteiger partial charge in [0.05, 0.1) is 11.0 Å². The molecule has 3 amide bonds. The molecule has 1 aromatic carbocycles. The highest BCUT2D eigenvalue weighted by Gasteiger charge is 2.24. The summed E-state index contributed by atoms with van der Waals surface area (Å²) in [7, 11) is 0. The number of amides is 3. The number of rotatable bonds is 10. The number of benzene rings is 1. The molecule has 0 heterocycles. The topological polar surface area (TPSA) is 170 Å². The van der Waals surface area contributed by atoms with Crippen LogP contribution in [0.15, 0.2) is 24.3 Å². The minimum Gasteiger partial charge on any atom is -0.370 e. The van der Waals surface area contributed by atoms with Crippen LogP contribution in [0, 0.1) is 16.0 Å². The summed E-state index contributed by atoms with van der Waals surface area (Å²) in [6.07, 6.45) is 0.352. The zero-order valence-electron chi connectivity index (χ0n) is 15.3. The van der Waals surface area contributed by atoms with Crippen molar-refractivity contribution in [3.63, 3.8) is 0 Å². The Balaban J connectivity index is 2.81. The SMILES string of the molecule is CC(C)C[C@H](N)C(=O)N[C@@H](CCC(N)=O)C(=O)Nc1ccc([N+](=O)[O-])cc1. The lowest BCUT2D eigenvalue weighted by Crippen LogP contribution is -2.50. The van der Waals surface area contributed by atoms with E-state index in [-0.39, 0.29) is 24.4 Å². The van der Waals surface area contributed by atoms with Crippen molar-refractivity contribution in [3.05, 3.63) is 34.4 Å². The fourth-order valence-electron chi connectivity index (χ4n) is 2.34. The van der Waals surface area contributed by atoms with Crippen molar-refractivity contribution < 1.29 is 19.3 Å². The quantitative estimate of drug-likeness (QED) is 0.343. The van der Waals surface area contributed by atoms with E-state index >= 15 is 0 Å². The standard InChI is InChI=1S/C17H25N5O5/c1-10(2)9-13(18)16(24)21-14(7-8-15(19)23)17(25)20-11-3-5-12(6-4-11)22(26)27/h3-6,10,13-14H,7-9,18H2,1-2H3,(H2,19,23)(H,20,25)(H,21,24)/t13-,14-/m0/s1. The van der Waals surface area contributed by atoms with Crippen LogP contribution in [0.25, 0.3) is 0 Å². The Morgan fingerprint density at radius 1 is 1.15 bits per heavy atom. The summed E-state index contributed by atoms with van der Waals surface area (Å²) >= 11 is 0. The third-order valence-electron chi connectivity index (χ3n) is 3.72. The van der Waals surface area contributed by atoms with Crippen molar-refractivity contribution in [2.75, 3.05) is 5.32 Å². The lowest BCUT2D eigenvalue weighted by atomic mass is 10.0. The number of nitrogens with one attached hydrogen (secondary N) is 2. The molecule has 0 saturated heterocycles. The first kappa shape index (κ1) is 22.0. The molecule has 148 valence electrons. The van der Waals surface area contributed by atoms with Crippen molar-refractivity contribution >= 4 is 29.1 Å². The van der Waals surface area contributed by atoms with E-state index in [1.54, 1.807) is 0 Å². The molecule has 0 spiro atoms. The molecule has 10 nitrogen and oxygen atoms in total. The number of nitrogens with two attached hydrogens (primary N) is 2. The Morgan fingerprint density at radius 3 is 2.22 bits per heavy atom. The zero-order chi connectivity index (χ0) is 20.6. The van der Waals surface area contributed by atoms with Gasteiger partial charge in [0.1, 0.15) is 6.04 Å². The molecule has 0 fully saturated rings. The van der Waals surface area contributed by atoms with Gasteiger partial charge in [-0.3, -0.25) is 24.5 Å². The van der Waals surface area contributed by atoms with Crippen LogP contribution in [0.4, 0.5) is 11.4 Å². The lowest BCUT2D eigenvalue weighted by Gasteiger charge is -2.21. The number of anilines is 1. The summed E-state index contributed by atoms with van der Waals surface area (Å²) in [5, 5.41) is 15.8. The predicted octanol–water partition coefficient (Wildman–Crippen LogP) is 0.657. The first-order valence-electron chi connectivity index (χ1n) is 8.49. The molecule has 2 atom stereocenters. The minimum atomic E-state index is -1.02. The molecule has 0 aromatic heterocycles. The van der Waals surface area contributed by atoms with Crippen molar-refractivity contribution in [1.29, 1.82) is 0 Å². The summed E-state index contributed by atoms with van der Waals surface area (Å²) < 4.78 is 0. The van der Waals surface area contributed by atoms with E-state index in [4.69, 9.17) is 11.5 Å². The summed E-state index contributed by atoms with van der Waals surface area (Å²) in [6.45, 7) is 3.83. The highest BCUT2D eigenvalue weighted by Crippen LogP contribution is 2.16. The van der Waals surface area contributed by atoms with Gasteiger partial charge in [0.15, 0.2) is 0 Å². The number of nitro benzene ring substituents is 1. The summed E-state index contributed by atoms with van der Waals surface area (Å²) in [5.74, 6) is -1.49. The minimum absolute atomic E-state index is 0.00822. The molecule has 10 heteroatoms. The molecule has 0 aliphatic heterocycles. The number of nitrogens with zero attached hydrogens (tertiary/aromatic N) is 1. The summed E-state index contributed by atoms with van der Waals surface area (Å²) in [5.41, 5.74) is 11.1. The van der Waals surface area contributed by atoms with Crippen LogP contribution in [0.1, 0.15) is 33.1 Å². The van der Waals surface area contributed by atoms with Crippen molar-refractivity contribution in [1.82, 2.24) is 5.32 Å². The number of carbonyl (C=O) groups is 3. The Kier molecular flexibility index (Phi) is 8.34. The number of hydrogen-bond acceptors (Lipinski definition) is 6. The average Bonchev–Trinajstić information content (AvgIpc) is 2.57. The molecule has 0 saturated carbocycles. The van der Waals surface area contributed by atoms with Crippen LogP contribution in [-0.4, -0.2) is 34.7 Å². The van der Waals surface area contributed by atoms with Crippen molar-refractivity contribution in [2.24, 2.45) is 17.4 Å². The van der Waals surface area contributed by atoms with Crippen molar-refractivity contribution in [2.45, 2.75) is 45.2 Å². The average molecular weight is 379 g/mol. The fraction of sp³-hybridized carbons (Fsp3) is 0.471. The number of primary amides is 1. The van der Waals surface area contributed by atoms with E-state index in [2.05, 4.69) is 10.6 Å². The van der Waals surface area contributed by atoms with Crippen LogP contribution in [0.3, 0.4) is 0 Å². The highest BCUT2D eigenvalue weighted by molar-refractivity contribution is 5.98. The molecule has 0 aliphatic rings. The van der Waals surface area contributed by atoms with Gasteiger partial charge < -0.3 is 22.1 Å². The van der Waals surface area contributed by atoms with E-state index in [0.29, 0.717) is 12.1 Å². The van der Waals surface area contributed by atoms with Gasteiger partial charge in [-0.1, -0.05) is 13.8 Å². The number of carbonyl (C=O) groups excluding carboxylic acids is 3. The van der Waals surface area contributed by atoms with Gasteiger partial charge in [-0.25, -0.2) is 0 Å². The third-order valence-corrected chi connectivity index (χ3v) is 3.72. The Bertz CT molecular complexity index is 689. The first-order valence-corrected chi connectivity index (χ1v) is 8.49. The lowest BCUT2D eigenvalue weighted by molar-refractivity contribution is -0.384. The molecule has 1 rings (SSSR count). The molecular formula is C17H25N5O5. The van der Waals surface area contributed by atoms with E-state index in [0.717, 1.165) is 0 Å². The van der Waals surface area contributed by atoms with Crippen LogP contribution >= 0.6 is 0 Å². The van der Waals surface area contributed by atoms with E-state index in [9.17, 15) is 24.5 Å².